The molecule has 0 aliphatic rings. The van der Waals surface area contributed by atoms with E-state index in [0.717, 1.165) is 16.6 Å². The number of aryl methyl sites for hydroxylation is 1. The summed E-state index contributed by atoms with van der Waals surface area (Å²) in [6.07, 6.45) is 2.20. The van der Waals surface area contributed by atoms with Crippen molar-refractivity contribution in [2.75, 3.05) is 7.05 Å². The first-order valence-electron chi connectivity index (χ1n) is 6.89. The van der Waals surface area contributed by atoms with E-state index in [4.69, 9.17) is 0 Å². The number of para-hydroxylation sites is 1. The quantitative estimate of drug-likeness (QED) is 0.801. The van der Waals surface area contributed by atoms with Gasteiger partial charge in [-0.3, -0.25) is 9.67 Å². The summed E-state index contributed by atoms with van der Waals surface area (Å²) in [4.78, 5) is 4.16. The minimum atomic E-state index is -0.294. The van der Waals surface area contributed by atoms with Crippen molar-refractivity contribution in [3.05, 3.63) is 59.8 Å². The van der Waals surface area contributed by atoms with Crippen LogP contribution in [0.25, 0.3) is 10.9 Å². The zero-order valence-corrected chi connectivity index (χ0v) is 12.0. The predicted molar refractivity (Wildman–Crippen MR) is 80.4 cm³/mol. The molecule has 4 nitrogen and oxygen atoms in total. The van der Waals surface area contributed by atoms with Gasteiger partial charge in [-0.05, 0) is 25.2 Å². The molecule has 2 heterocycles. The van der Waals surface area contributed by atoms with E-state index in [1.807, 2.05) is 43.0 Å². The Morgan fingerprint density at radius 1 is 1.24 bits per heavy atom. The van der Waals surface area contributed by atoms with Crippen LogP contribution in [-0.4, -0.2) is 21.8 Å². The number of nitrogens with zero attached hydrogens (tertiary/aromatic N) is 3. The van der Waals surface area contributed by atoms with Gasteiger partial charge >= 0.3 is 0 Å². The van der Waals surface area contributed by atoms with Crippen LogP contribution in [0.15, 0.2) is 42.6 Å². The Labute approximate surface area is 122 Å². The third-order valence-corrected chi connectivity index (χ3v) is 3.70. The van der Waals surface area contributed by atoms with Crippen LogP contribution in [0.1, 0.15) is 17.4 Å². The first-order valence-corrected chi connectivity index (χ1v) is 6.89. The Bertz CT molecular complexity index is 766. The van der Waals surface area contributed by atoms with Crippen LogP contribution >= 0.6 is 0 Å². The minimum absolute atomic E-state index is 0.204. The van der Waals surface area contributed by atoms with Gasteiger partial charge in [0.05, 0.1) is 22.9 Å². The molecule has 108 valence electrons. The number of likely N-dealkylation sites (N-methyl/N-ethyl adjacent to an activating group) is 1. The highest BCUT2D eigenvalue weighted by Gasteiger charge is 2.19. The van der Waals surface area contributed by atoms with E-state index >= 15 is 0 Å². The Balaban J connectivity index is 1.99. The second-order valence-corrected chi connectivity index (χ2v) is 5.00. The van der Waals surface area contributed by atoms with Crippen LogP contribution < -0.4 is 5.32 Å². The summed E-state index contributed by atoms with van der Waals surface area (Å²) in [7, 11) is 3.73. The van der Waals surface area contributed by atoms with Crippen LogP contribution in [0, 0.1) is 5.82 Å². The summed E-state index contributed by atoms with van der Waals surface area (Å²) in [5, 5.41) is 8.78. The number of pyridine rings is 1. The molecular formula is C16H17FN4. The minimum Gasteiger partial charge on any atom is -0.311 e. The highest BCUT2D eigenvalue weighted by Crippen LogP contribution is 2.23. The van der Waals surface area contributed by atoms with E-state index in [2.05, 4.69) is 15.4 Å². The van der Waals surface area contributed by atoms with Gasteiger partial charge < -0.3 is 5.32 Å². The van der Waals surface area contributed by atoms with Gasteiger partial charge in [-0.25, -0.2) is 4.39 Å². The van der Waals surface area contributed by atoms with Crippen molar-refractivity contribution in [2.45, 2.75) is 12.5 Å². The number of nitrogens with one attached hydrogen (secondary N) is 1. The summed E-state index contributed by atoms with van der Waals surface area (Å²) in [6, 6.07) is 10.9. The lowest BCUT2D eigenvalue weighted by Gasteiger charge is -2.15. The van der Waals surface area contributed by atoms with Crippen molar-refractivity contribution in [2.24, 2.45) is 7.05 Å². The monoisotopic (exact) mass is 284 g/mol. The van der Waals surface area contributed by atoms with Crippen LogP contribution in [-0.2, 0) is 13.5 Å². The Kier molecular flexibility index (Phi) is 3.66. The number of aromatic nitrogens is 3. The Morgan fingerprint density at radius 2 is 2.05 bits per heavy atom. The highest BCUT2D eigenvalue weighted by atomic mass is 19.1. The van der Waals surface area contributed by atoms with E-state index in [0.29, 0.717) is 12.1 Å². The maximum absolute atomic E-state index is 13.9. The Hall–Kier alpha value is -2.27. The van der Waals surface area contributed by atoms with Gasteiger partial charge in [0.2, 0.25) is 0 Å². The van der Waals surface area contributed by atoms with Gasteiger partial charge in [0.25, 0.3) is 0 Å². The van der Waals surface area contributed by atoms with Crippen molar-refractivity contribution >= 4 is 10.9 Å². The molecule has 21 heavy (non-hydrogen) atoms. The highest BCUT2D eigenvalue weighted by molar-refractivity contribution is 5.81. The lowest BCUT2D eigenvalue weighted by Crippen LogP contribution is -2.21. The summed E-state index contributed by atoms with van der Waals surface area (Å²) in [5.41, 5.74) is 2.44. The van der Waals surface area contributed by atoms with Gasteiger partial charge in [0.1, 0.15) is 5.82 Å². The Morgan fingerprint density at radius 3 is 2.81 bits per heavy atom. The van der Waals surface area contributed by atoms with E-state index in [1.54, 1.807) is 12.3 Å². The molecule has 0 radical (unpaired) electrons. The topological polar surface area (TPSA) is 42.7 Å². The maximum atomic E-state index is 13.9. The molecule has 0 aliphatic carbocycles. The van der Waals surface area contributed by atoms with Crippen LogP contribution in [0.2, 0.25) is 0 Å². The molecule has 0 aliphatic heterocycles. The predicted octanol–water partition coefficient (Wildman–Crippen LogP) is 2.61. The molecule has 0 saturated carbocycles. The van der Waals surface area contributed by atoms with Crippen molar-refractivity contribution in [3.8, 4) is 0 Å². The zero-order chi connectivity index (χ0) is 14.8. The number of halogens is 1. The largest absolute Gasteiger partial charge is 0.311 e. The number of rotatable bonds is 4. The van der Waals surface area contributed by atoms with E-state index in [1.165, 1.54) is 6.07 Å². The normalized spacial score (nSPS) is 12.7. The second-order valence-electron chi connectivity index (χ2n) is 5.00. The first-order chi connectivity index (χ1) is 10.2. The lowest BCUT2D eigenvalue weighted by molar-refractivity contribution is 0.512. The van der Waals surface area contributed by atoms with Crippen molar-refractivity contribution in [1.82, 2.24) is 20.1 Å². The standard InChI is InChI=1S/C16H17FN4/c1-18-14(16-12(17)7-5-9-19-16)10-13-11-6-3-4-8-15(11)21(2)20-13/h3-9,14,18H,10H2,1-2H3. The van der Waals surface area contributed by atoms with Crippen LogP contribution in [0.3, 0.4) is 0 Å². The molecule has 1 N–H and O–H groups in total. The van der Waals surface area contributed by atoms with Crippen molar-refractivity contribution < 1.29 is 4.39 Å². The van der Waals surface area contributed by atoms with Gasteiger partial charge in [0, 0.05) is 25.1 Å². The summed E-state index contributed by atoms with van der Waals surface area (Å²) >= 11 is 0. The number of hydrogen-bond donors (Lipinski definition) is 1. The maximum Gasteiger partial charge on any atom is 0.146 e. The SMILES string of the molecule is CNC(Cc1nn(C)c2ccccc12)c1ncccc1F. The van der Waals surface area contributed by atoms with Gasteiger partial charge in [-0.15, -0.1) is 0 Å². The molecule has 1 unspecified atom stereocenters. The molecule has 1 atom stereocenters. The van der Waals surface area contributed by atoms with Crippen LogP contribution in [0.5, 0.6) is 0 Å². The molecule has 0 amide bonds. The van der Waals surface area contributed by atoms with Crippen LogP contribution in [0.4, 0.5) is 4.39 Å². The lowest BCUT2D eigenvalue weighted by atomic mass is 10.0. The smallest absolute Gasteiger partial charge is 0.146 e. The third kappa shape index (κ3) is 2.52. The molecule has 2 aromatic heterocycles. The summed E-state index contributed by atoms with van der Waals surface area (Å²) < 4.78 is 15.8. The summed E-state index contributed by atoms with van der Waals surface area (Å²) in [5.74, 6) is -0.294. The first kappa shape index (κ1) is 13.7. The fraction of sp³-hybridized carbons (Fsp3) is 0.250. The van der Waals surface area contributed by atoms with Gasteiger partial charge in [-0.1, -0.05) is 18.2 Å². The molecule has 0 fully saturated rings. The molecule has 0 saturated heterocycles. The van der Waals surface area contributed by atoms with Gasteiger partial charge in [0.15, 0.2) is 0 Å². The molecule has 5 heteroatoms. The molecular weight excluding hydrogens is 267 g/mol. The summed E-state index contributed by atoms with van der Waals surface area (Å²) in [6.45, 7) is 0. The van der Waals surface area contributed by atoms with E-state index in [9.17, 15) is 4.39 Å². The zero-order valence-electron chi connectivity index (χ0n) is 12.0. The van der Waals surface area contributed by atoms with E-state index in [-0.39, 0.29) is 11.9 Å². The van der Waals surface area contributed by atoms with Crippen molar-refractivity contribution in [1.29, 1.82) is 0 Å². The number of benzene rings is 1. The number of hydrogen-bond acceptors (Lipinski definition) is 3. The molecule has 3 aromatic rings. The molecule has 0 bridgehead atoms. The second kappa shape index (κ2) is 5.61. The fourth-order valence-corrected chi connectivity index (χ4v) is 2.62. The fourth-order valence-electron chi connectivity index (χ4n) is 2.62. The van der Waals surface area contributed by atoms with Crippen molar-refractivity contribution in [3.63, 3.8) is 0 Å². The molecule has 3 rings (SSSR count). The average Bonchev–Trinajstić information content (AvgIpc) is 2.82. The van der Waals surface area contributed by atoms with Gasteiger partial charge in [-0.2, -0.15) is 5.10 Å². The van der Waals surface area contributed by atoms with E-state index < -0.39 is 0 Å². The molecule has 1 aromatic carbocycles. The third-order valence-electron chi connectivity index (χ3n) is 3.70. The number of fused-ring (bicyclic) bond motifs is 1. The average molecular weight is 284 g/mol. The molecule has 0 spiro atoms.